The third-order valence-electron chi connectivity index (χ3n) is 3.28. The Labute approximate surface area is 118 Å². The molecule has 0 bridgehead atoms. The Morgan fingerprint density at radius 2 is 2.21 bits per heavy atom. The van der Waals surface area contributed by atoms with Crippen LogP contribution in [-0.2, 0) is 4.74 Å². The smallest absolute Gasteiger partial charge is 0.357 e. The van der Waals surface area contributed by atoms with Crippen molar-refractivity contribution in [3.05, 3.63) is 10.6 Å². The maximum absolute atomic E-state index is 11.5. The van der Waals surface area contributed by atoms with Gasteiger partial charge in [0.05, 0.1) is 7.11 Å². The van der Waals surface area contributed by atoms with Crippen molar-refractivity contribution in [3.8, 4) is 0 Å². The van der Waals surface area contributed by atoms with Crippen molar-refractivity contribution in [3.63, 3.8) is 0 Å². The highest BCUT2D eigenvalue weighted by Crippen LogP contribution is 2.23. The van der Waals surface area contributed by atoms with E-state index in [1.165, 1.54) is 44.4 Å². The van der Waals surface area contributed by atoms with Crippen molar-refractivity contribution < 1.29 is 9.53 Å². The van der Waals surface area contributed by atoms with Gasteiger partial charge < -0.3 is 15.0 Å². The molecule has 1 unspecified atom stereocenters. The minimum absolute atomic E-state index is 0.328. The summed E-state index contributed by atoms with van der Waals surface area (Å²) in [7, 11) is 1.38. The molecule has 2 rings (SSSR count). The second kappa shape index (κ2) is 6.34. The van der Waals surface area contributed by atoms with Crippen LogP contribution < -0.4 is 5.32 Å². The van der Waals surface area contributed by atoms with Crippen LogP contribution in [0.25, 0.3) is 0 Å². The highest BCUT2D eigenvalue weighted by molar-refractivity contribution is 7.15. The van der Waals surface area contributed by atoms with Gasteiger partial charge in [-0.3, -0.25) is 0 Å². The van der Waals surface area contributed by atoms with E-state index in [4.69, 9.17) is 4.74 Å². The second-order valence-corrected chi connectivity index (χ2v) is 6.17. The van der Waals surface area contributed by atoms with Crippen LogP contribution >= 0.6 is 11.3 Å². The molecule has 1 aliphatic rings. The number of carbonyl (C=O) groups is 1. The van der Waals surface area contributed by atoms with Gasteiger partial charge in [0.1, 0.15) is 0 Å². The molecule has 19 heavy (non-hydrogen) atoms. The van der Waals surface area contributed by atoms with Crippen molar-refractivity contribution in [2.75, 3.05) is 32.1 Å². The number of hydrogen-bond acceptors (Lipinski definition) is 6. The van der Waals surface area contributed by atoms with Crippen LogP contribution in [0.5, 0.6) is 0 Å². The van der Waals surface area contributed by atoms with Crippen LogP contribution in [0.1, 0.15) is 35.1 Å². The zero-order valence-electron chi connectivity index (χ0n) is 11.7. The number of nitrogens with one attached hydrogen (secondary N) is 1. The first-order valence-corrected chi connectivity index (χ1v) is 7.46. The first kappa shape index (κ1) is 14.3. The molecule has 1 fully saturated rings. The zero-order chi connectivity index (χ0) is 13.8. The van der Waals surface area contributed by atoms with Gasteiger partial charge in [0.25, 0.3) is 0 Å². The van der Waals surface area contributed by atoms with E-state index < -0.39 is 0 Å². The number of aromatic nitrogens is 1. The van der Waals surface area contributed by atoms with Crippen LogP contribution in [-0.4, -0.2) is 48.6 Å². The van der Waals surface area contributed by atoms with Crippen molar-refractivity contribution in [1.82, 2.24) is 9.88 Å². The number of rotatable bonds is 5. The molecular formula is C13H21N3O2S. The molecule has 1 saturated heterocycles. The molecule has 6 heteroatoms. The van der Waals surface area contributed by atoms with E-state index in [1.807, 2.05) is 6.92 Å². The average Bonchev–Trinajstić information content (AvgIpc) is 2.98. The lowest BCUT2D eigenvalue weighted by atomic mass is 10.3. The van der Waals surface area contributed by atoms with E-state index in [0.29, 0.717) is 11.7 Å². The van der Waals surface area contributed by atoms with E-state index >= 15 is 0 Å². The lowest BCUT2D eigenvalue weighted by Crippen LogP contribution is -2.32. The van der Waals surface area contributed by atoms with Crippen molar-refractivity contribution in [2.45, 2.75) is 32.7 Å². The molecule has 0 spiro atoms. The summed E-state index contributed by atoms with van der Waals surface area (Å²) >= 11 is 1.50. The van der Waals surface area contributed by atoms with Gasteiger partial charge in [-0.2, -0.15) is 0 Å². The van der Waals surface area contributed by atoms with Gasteiger partial charge in [-0.25, -0.2) is 9.78 Å². The molecule has 2 heterocycles. The lowest BCUT2D eigenvalue weighted by Gasteiger charge is -2.20. The van der Waals surface area contributed by atoms with Crippen LogP contribution in [0.15, 0.2) is 0 Å². The van der Waals surface area contributed by atoms with E-state index in [0.717, 1.165) is 16.6 Å². The van der Waals surface area contributed by atoms with E-state index in [2.05, 4.69) is 22.1 Å². The monoisotopic (exact) mass is 283 g/mol. The minimum Gasteiger partial charge on any atom is -0.464 e. The predicted molar refractivity (Wildman–Crippen MR) is 76.9 cm³/mol. The van der Waals surface area contributed by atoms with Crippen LogP contribution in [0.3, 0.4) is 0 Å². The summed E-state index contributed by atoms with van der Waals surface area (Å²) in [6.45, 7) is 7.44. The number of anilines is 1. The minimum atomic E-state index is -0.367. The third-order valence-corrected chi connectivity index (χ3v) is 4.18. The van der Waals surface area contributed by atoms with E-state index in [1.54, 1.807) is 0 Å². The summed E-state index contributed by atoms with van der Waals surface area (Å²) in [6.07, 6.45) is 2.60. The number of ether oxygens (including phenoxy) is 1. The van der Waals surface area contributed by atoms with Crippen LogP contribution in [0.4, 0.5) is 5.13 Å². The predicted octanol–water partition coefficient (Wildman–Crippen LogP) is 2.13. The molecule has 106 valence electrons. The average molecular weight is 283 g/mol. The maximum Gasteiger partial charge on any atom is 0.357 e. The molecule has 1 aromatic heterocycles. The Bertz CT molecular complexity index is 441. The molecule has 0 saturated carbocycles. The highest BCUT2D eigenvalue weighted by Gasteiger charge is 2.18. The van der Waals surface area contributed by atoms with Crippen LogP contribution in [0.2, 0.25) is 0 Å². The van der Waals surface area contributed by atoms with Gasteiger partial charge in [0.2, 0.25) is 0 Å². The number of nitrogens with zero attached hydrogens (tertiary/aromatic N) is 2. The Kier molecular flexibility index (Phi) is 4.76. The largest absolute Gasteiger partial charge is 0.464 e. The highest BCUT2D eigenvalue weighted by atomic mass is 32.1. The molecule has 0 radical (unpaired) electrons. The van der Waals surface area contributed by atoms with Crippen LogP contribution in [0, 0.1) is 6.92 Å². The fourth-order valence-electron chi connectivity index (χ4n) is 2.35. The summed E-state index contributed by atoms with van der Waals surface area (Å²) in [6, 6.07) is 0.328. The van der Waals surface area contributed by atoms with Gasteiger partial charge in [-0.05, 0) is 39.8 Å². The molecular weight excluding hydrogens is 262 g/mol. The zero-order valence-corrected chi connectivity index (χ0v) is 12.5. The Balaban J connectivity index is 1.93. The molecule has 1 atom stereocenters. The van der Waals surface area contributed by atoms with E-state index in [9.17, 15) is 4.79 Å². The molecule has 5 nitrogen and oxygen atoms in total. The maximum atomic E-state index is 11.5. The van der Waals surface area contributed by atoms with Crippen molar-refractivity contribution >= 4 is 22.4 Å². The summed E-state index contributed by atoms with van der Waals surface area (Å²) < 4.78 is 4.71. The Hall–Kier alpha value is -1.14. The van der Waals surface area contributed by atoms with Gasteiger partial charge in [0.15, 0.2) is 10.8 Å². The molecule has 0 amide bonds. The molecule has 0 aliphatic carbocycles. The number of carbonyl (C=O) groups excluding carboxylic acids is 1. The number of likely N-dealkylation sites (tertiary alicyclic amines) is 1. The summed E-state index contributed by atoms with van der Waals surface area (Å²) in [5.74, 6) is -0.367. The summed E-state index contributed by atoms with van der Waals surface area (Å²) in [5.41, 5.74) is 0.420. The lowest BCUT2D eigenvalue weighted by molar-refractivity contribution is 0.0594. The van der Waals surface area contributed by atoms with Gasteiger partial charge in [0, 0.05) is 17.5 Å². The van der Waals surface area contributed by atoms with Gasteiger partial charge in [-0.1, -0.05) is 0 Å². The normalized spacial score (nSPS) is 17.4. The molecule has 0 aromatic carbocycles. The quantitative estimate of drug-likeness (QED) is 0.839. The number of esters is 1. The SMILES string of the molecule is COC(=O)c1nc(NC(C)CN2CCCC2)sc1C. The molecule has 1 aromatic rings. The van der Waals surface area contributed by atoms with Crippen molar-refractivity contribution in [2.24, 2.45) is 0 Å². The fourth-order valence-corrected chi connectivity index (χ4v) is 3.27. The topological polar surface area (TPSA) is 54.5 Å². The standard InChI is InChI=1S/C13H21N3O2S/c1-9(8-16-6-4-5-7-16)14-13-15-11(10(2)19-13)12(17)18-3/h9H,4-8H2,1-3H3,(H,14,15). The summed E-state index contributed by atoms with van der Waals surface area (Å²) in [4.78, 5) is 19.2. The summed E-state index contributed by atoms with van der Waals surface area (Å²) in [5, 5.41) is 4.16. The number of methoxy groups -OCH3 is 1. The van der Waals surface area contributed by atoms with Gasteiger partial charge >= 0.3 is 5.97 Å². The number of aryl methyl sites for hydroxylation is 1. The number of hydrogen-bond donors (Lipinski definition) is 1. The third kappa shape index (κ3) is 3.67. The van der Waals surface area contributed by atoms with Crippen molar-refractivity contribution in [1.29, 1.82) is 0 Å². The van der Waals surface area contributed by atoms with E-state index in [-0.39, 0.29) is 5.97 Å². The number of thiazole rings is 1. The molecule has 1 N–H and O–H groups in total. The second-order valence-electron chi connectivity index (χ2n) is 4.97. The fraction of sp³-hybridized carbons (Fsp3) is 0.692. The molecule has 1 aliphatic heterocycles. The Morgan fingerprint density at radius 3 is 2.84 bits per heavy atom. The van der Waals surface area contributed by atoms with Gasteiger partial charge in [-0.15, -0.1) is 11.3 Å². The first-order chi connectivity index (χ1) is 9.10. The first-order valence-electron chi connectivity index (χ1n) is 6.64. The Morgan fingerprint density at radius 1 is 1.53 bits per heavy atom.